The summed E-state index contributed by atoms with van der Waals surface area (Å²) < 4.78 is 1.96. The number of carbonyl (C=O) groups is 1. The molecule has 1 aromatic heterocycles. The van der Waals surface area contributed by atoms with E-state index in [2.05, 4.69) is 32.8 Å². The number of nitrogens with zero attached hydrogens (tertiary/aromatic N) is 2. The Morgan fingerprint density at radius 1 is 1.38 bits per heavy atom. The number of hydrogen-bond acceptors (Lipinski definition) is 2. The minimum absolute atomic E-state index is 0.273. The molecule has 1 aliphatic rings. The second-order valence-corrected chi connectivity index (χ2v) is 7.47. The summed E-state index contributed by atoms with van der Waals surface area (Å²) in [4.78, 5) is 11.9. The lowest BCUT2D eigenvalue weighted by atomic mass is 9.63. The van der Waals surface area contributed by atoms with Gasteiger partial charge in [0.05, 0.1) is 11.1 Å². The van der Waals surface area contributed by atoms with E-state index in [1.165, 1.54) is 0 Å². The van der Waals surface area contributed by atoms with Crippen molar-refractivity contribution in [2.45, 2.75) is 72.3 Å². The number of hydrogen-bond donors (Lipinski definition) is 1. The fraction of sp³-hybridized carbons (Fsp3) is 0.765. The Labute approximate surface area is 127 Å². The zero-order chi connectivity index (χ0) is 15.7. The molecule has 21 heavy (non-hydrogen) atoms. The minimum atomic E-state index is -0.656. The van der Waals surface area contributed by atoms with E-state index < -0.39 is 11.4 Å². The molecule has 1 aliphatic carbocycles. The van der Waals surface area contributed by atoms with Gasteiger partial charge in [-0.3, -0.25) is 9.48 Å². The molecule has 0 radical (unpaired) electrons. The molecule has 1 aromatic rings. The minimum Gasteiger partial charge on any atom is -0.481 e. The highest BCUT2D eigenvalue weighted by Crippen LogP contribution is 2.46. The molecule has 0 bridgehead atoms. The van der Waals surface area contributed by atoms with Crippen LogP contribution in [0.25, 0.3) is 0 Å². The molecule has 4 heteroatoms. The first-order chi connectivity index (χ1) is 9.78. The number of aromatic nitrogens is 2. The molecule has 0 amide bonds. The van der Waals surface area contributed by atoms with Crippen molar-refractivity contribution in [3.63, 3.8) is 0 Å². The van der Waals surface area contributed by atoms with E-state index >= 15 is 0 Å². The maximum absolute atomic E-state index is 11.9. The molecule has 118 valence electrons. The van der Waals surface area contributed by atoms with E-state index in [0.717, 1.165) is 37.8 Å². The first kappa shape index (κ1) is 16.1. The van der Waals surface area contributed by atoms with Gasteiger partial charge in [-0.1, -0.05) is 20.8 Å². The molecule has 1 N–H and O–H groups in total. The Hall–Kier alpha value is -1.32. The van der Waals surface area contributed by atoms with Crippen LogP contribution in [-0.2, 0) is 11.2 Å². The van der Waals surface area contributed by atoms with Crippen LogP contribution in [0, 0.1) is 10.8 Å². The second kappa shape index (κ2) is 5.82. The maximum atomic E-state index is 11.9. The molecule has 0 spiro atoms. The zero-order valence-electron chi connectivity index (χ0n) is 13.7. The van der Waals surface area contributed by atoms with Crippen LogP contribution >= 0.6 is 0 Å². The first-order valence-electron chi connectivity index (χ1n) is 8.05. The summed E-state index contributed by atoms with van der Waals surface area (Å²) in [6, 6.07) is 2.35. The average molecular weight is 292 g/mol. The number of aliphatic carboxylic acids is 1. The van der Waals surface area contributed by atoms with Crippen LogP contribution < -0.4 is 0 Å². The van der Waals surface area contributed by atoms with Crippen LogP contribution in [0.5, 0.6) is 0 Å². The predicted molar refractivity (Wildman–Crippen MR) is 83.3 cm³/mol. The summed E-state index contributed by atoms with van der Waals surface area (Å²) in [7, 11) is 0. The van der Waals surface area contributed by atoms with E-state index in [4.69, 9.17) is 0 Å². The average Bonchev–Trinajstić information content (AvgIpc) is 2.88. The van der Waals surface area contributed by atoms with Crippen LogP contribution in [0.4, 0.5) is 0 Å². The Kier molecular flexibility index (Phi) is 4.45. The SMILES string of the molecule is CCC(C)n1ccc(CC2(C(=O)O)CCC(C)(C)CC2)n1. The molecule has 0 aliphatic heterocycles. The van der Waals surface area contributed by atoms with Gasteiger partial charge in [0.25, 0.3) is 0 Å². The molecule has 1 heterocycles. The highest BCUT2D eigenvalue weighted by atomic mass is 16.4. The fourth-order valence-corrected chi connectivity index (χ4v) is 3.12. The van der Waals surface area contributed by atoms with E-state index in [1.807, 2.05) is 16.9 Å². The van der Waals surface area contributed by atoms with Gasteiger partial charge in [-0.15, -0.1) is 0 Å². The molecule has 1 unspecified atom stereocenters. The van der Waals surface area contributed by atoms with Crippen molar-refractivity contribution < 1.29 is 9.90 Å². The van der Waals surface area contributed by atoms with Crippen molar-refractivity contribution in [2.75, 3.05) is 0 Å². The van der Waals surface area contributed by atoms with Gasteiger partial charge < -0.3 is 5.11 Å². The summed E-state index contributed by atoms with van der Waals surface area (Å²) in [5, 5.41) is 14.3. The highest BCUT2D eigenvalue weighted by molar-refractivity contribution is 5.75. The predicted octanol–water partition coefficient (Wildman–Crippen LogP) is 4.07. The quantitative estimate of drug-likeness (QED) is 0.890. The van der Waals surface area contributed by atoms with E-state index in [0.29, 0.717) is 12.5 Å². The van der Waals surface area contributed by atoms with Gasteiger partial charge >= 0.3 is 5.97 Å². The van der Waals surface area contributed by atoms with Crippen LogP contribution in [0.15, 0.2) is 12.3 Å². The van der Waals surface area contributed by atoms with Crippen molar-refractivity contribution in [1.82, 2.24) is 9.78 Å². The topological polar surface area (TPSA) is 55.1 Å². The van der Waals surface area contributed by atoms with E-state index in [1.54, 1.807) is 0 Å². The van der Waals surface area contributed by atoms with Crippen LogP contribution in [0.3, 0.4) is 0 Å². The van der Waals surface area contributed by atoms with Gasteiger partial charge in [-0.05, 0) is 50.5 Å². The molecule has 0 aromatic carbocycles. The maximum Gasteiger partial charge on any atom is 0.310 e. The van der Waals surface area contributed by atoms with E-state index in [-0.39, 0.29) is 5.41 Å². The van der Waals surface area contributed by atoms with Crippen molar-refractivity contribution in [3.8, 4) is 0 Å². The molecule has 2 rings (SSSR count). The Morgan fingerprint density at radius 2 is 2.00 bits per heavy atom. The van der Waals surface area contributed by atoms with Gasteiger partial charge in [0, 0.05) is 18.7 Å². The Morgan fingerprint density at radius 3 is 2.52 bits per heavy atom. The van der Waals surface area contributed by atoms with Crippen LogP contribution in [0.1, 0.15) is 71.5 Å². The third kappa shape index (κ3) is 3.47. The lowest BCUT2D eigenvalue weighted by Crippen LogP contribution is -2.39. The Balaban J connectivity index is 2.14. The molecule has 0 saturated heterocycles. The third-order valence-electron chi connectivity index (χ3n) is 5.24. The highest BCUT2D eigenvalue weighted by Gasteiger charge is 2.44. The third-order valence-corrected chi connectivity index (χ3v) is 5.24. The fourth-order valence-electron chi connectivity index (χ4n) is 3.12. The number of carboxylic acid groups (broad SMARTS) is 1. The molecule has 1 saturated carbocycles. The van der Waals surface area contributed by atoms with Crippen LogP contribution in [0.2, 0.25) is 0 Å². The van der Waals surface area contributed by atoms with Crippen molar-refractivity contribution >= 4 is 5.97 Å². The lowest BCUT2D eigenvalue weighted by molar-refractivity contribution is -0.152. The molecule has 1 atom stereocenters. The van der Waals surface area contributed by atoms with Crippen molar-refractivity contribution in [3.05, 3.63) is 18.0 Å². The normalized spacial score (nSPS) is 21.9. The van der Waals surface area contributed by atoms with Gasteiger partial charge in [-0.25, -0.2) is 0 Å². The van der Waals surface area contributed by atoms with Gasteiger partial charge in [0.2, 0.25) is 0 Å². The first-order valence-corrected chi connectivity index (χ1v) is 8.05. The largest absolute Gasteiger partial charge is 0.481 e. The molecule has 4 nitrogen and oxygen atoms in total. The van der Waals surface area contributed by atoms with Crippen LogP contribution in [-0.4, -0.2) is 20.9 Å². The summed E-state index contributed by atoms with van der Waals surface area (Å²) >= 11 is 0. The molecular weight excluding hydrogens is 264 g/mol. The van der Waals surface area contributed by atoms with Gasteiger partial charge in [-0.2, -0.15) is 5.10 Å². The van der Waals surface area contributed by atoms with Gasteiger partial charge in [0.15, 0.2) is 0 Å². The second-order valence-electron chi connectivity index (χ2n) is 7.47. The van der Waals surface area contributed by atoms with Crippen molar-refractivity contribution in [1.29, 1.82) is 0 Å². The van der Waals surface area contributed by atoms with Crippen molar-refractivity contribution in [2.24, 2.45) is 10.8 Å². The zero-order valence-corrected chi connectivity index (χ0v) is 13.7. The summed E-state index contributed by atoms with van der Waals surface area (Å²) in [6.07, 6.45) is 7.03. The lowest BCUT2D eigenvalue weighted by Gasteiger charge is -2.40. The molecular formula is C17H28N2O2. The Bertz CT molecular complexity index is 495. The van der Waals surface area contributed by atoms with E-state index in [9.17, 15) is 9.90 Å². The number of carboxylic acids is 1. The number of rotatable bonds is 5. The summed E-state index contributed by atoms with van der Waals surface area (Å²) in [6.45, 7) is 8.73. The summed E-state index contributed by atoms with van der Waals surface area (Å²) in [5.41, 5.74) is 0.566. The smallest absolute Gasteiger partial charge is 0.310 e. The summed E-state index contributed by atoms with van der Waals surface area (Å²) in [5.74, 6) is -0.656. The van der Waals surface area contributed by atoms with Gasteiger partial charge in [0.1, 0.15) is 0 Å². The monoisotopic (exact) mass is 292 g/mol. The molecule has 1 fully saturated rings. The standard InChI is InChI=1S/C17H28N2O2/c1-5-13(2)19-11-6-14(18-19)12-17(15(20)21)9-7-16(3,4)8-10-17/h6,11,13H,5,7-10,12H2,1-4H3,(H,20,21).